The predicted molar refractivity (Wildman–Crippen MR) is 71.4 cm³/mol. The summed E-state index contributed by atoms with van der Waals surface area (Å²) in [6, 6.07) is 6.72. The molecule has 16 heavy (non-hydrogen) atoms. The van der Waals surface area contributed by atoms with E-state index in [9.17, 15) is 10.1 Å². The summed E-state index contributed by atoms with van der Waals surface area (Å²) in [7, 11) is 0. The SMILES string of the molecule is CCC(CBr)CSc1ccc([N+](=O)[O-])cc1. The first-order valence-electron chi connectivity index (χ1n) is 5.10. The van der Waals surface area contributed by atoms with Gasteiger partial charge in [0.25, 0.3) is 5.69 Å². The molecular formula is C11H14BrNO2S. The zero-order valence-electron chi connectivity index (χ0n) is 9.06. The van der Waals surface area contributed by atoms with Crippen molar-refractivity contribution in [3.05, 3.63) is 34.4 Å². The minimum absolute atomic E-state index is 0.150. The van der Waals surface area contributed by atoms with Crippen LogP contribution >= 0.6 is 27.7 Å². The molecule has 0 heterocycles. The molecule has 3 nitrogen and oxygen atoms in total. The molecule has 0 radical (unpaired) electrons. The number of thioether (sulfide) groups is 1. The molecule has 0 amide bonds. The summed E-state index contributed by atoms with van der Waals surface area (Å²) >= 11 is 5.22. The zero-order chi connectivity index (χ0) is 12.0. The Kier molecular flexibility index (Phi) is 5.84. The third kappa shape index (κ3) is 4.14. The van der Waals surface area contributed by atoms with Gasteiger partial charge >= 0.3 is 0 Å². The monoisotopic (exact) mass is 303 g/mol. The van der Waals surface area contributed by atoms with E-state index in [1.54, 1.807) is 23.9 Å². The minimum Gasteiger partial charge on any atom is -0.258 e. The van der Waals surface area contributed by atoms with Gasteiger partial charge in [0.15, 0.2) is 0 Å². The van der Waals surface area contributed by atoms with E-state index >= 15 is 0 Å². The quantitative estimate of drug-likeness (QED) is 0.344. The first kappa shape index (κ1) is 13.5. The highest BCUT2D eigenvalue weighted by Gasteiger charge is 2.07. The van der Waals surface area contributed by atoms with E-state index < -0.39 is 0 Å². The molecule has 0 spiro atoms. The third-order valence-corrected chi connectivity index (χ3v) is 4.49. The second-order valence-corrected chi connectivity index (χ2v) is 5.23. The Labute approximate surface area is 108 Å². The number of nitro groups is 1. The van der Waals surface area contributed by atoms with Crippen molar-refractivity contribution in [2.24, 2.45) is 5.92 Å². The van der Waals surface area contributed by atoms with Crippen molar-refractivity contribution in [2.45, 2.75) is 18.2 Å². The lowest BCUT2D eigenvalue weighted by atomic mass is 10.2. The highest BCUT2D eigenvalue weighted by Crippen LogP contribution is 2.24. The zero-order valence-corrected chi connectivity index (χ0v) is 11.5. The fourth-order valence-corrected chi connectivity index (χ4v) is 3.25. The van der Waals surface area contributed by atoms with Gasteiger partial charge in [-0.25, -0.2) is 0 Å². The Balaban J connectivity index is 2.52. The lowest BCUT2D eigenvalue weighted by Gasteiger charge is -2.10. The topological polar surface area (TPSA) is 43.1 Å². The molecule has 1 unspecified atom stereocenters. The largest absolute Gasteiger partial charge is 0.269 e. The van der Waals surface area contributed by atoms with Crippen molar-refractivity contribution in [3.8, 4) is 0 Å². The molecule has 0 aliphatic rings. The van der Waals surface area contributed by atoms with E-state index in [1.165, 1.54) is 0 Å². The molecule has 0 saturated heterocycles. The maximum Gasteiger partial charge on any atom is 0.269 e. The van der Waals surface area contributed by atoms with Gasteiger partial charge in [0.1, 0.15) is 0 Å². The van der Waals surface area contributed by atoms with Gasteiger partial charge in [-0.1, -0.05) is 29.3 Å². The number of hydrogen-bond acceptors (Lipinski definition) is 3. The molecule has 1 aromatic carbocycles. The average Bonchev–Trinajstić information content (AvgIpc) is 2.31. The molecule has 1 aromatic rings. The summed E-state index contributed by atoms with van der Waals surface area (Å²) in [5.74, 6) is 1.69. The summed E-state index contributed by atoms with van der Waals surface area (Å²) < 4.78 is 0. The van der Waals surface area contributed by atoms with Crippen LogP contribution in [0.3, 0.4) is 0 Å². The molecule has 1 rings (SSSR count). The fraction of sp³-hybridized carbons (Fsp3) is 0.455. The normalized spacial score (nSPS) is 12.4. The number of alkyl halides is 1. The van der Waals surface area contributed by atoms with Gasteiger partial charge in [0, 0.05) is 28.1 Å². The van der Waals surface area contributed by atoms with E-state index in [0.29, 0.717) is 5.92 Å². The van der Waals surface area contributed by atoms with E-state index in [2.05, 4.69) is 22.9 Å². The lowest BCUT2D eigenvalue weighted by Crippen LogP contribution is -2.02. The van der Waals surface area contributed by atoms with Crippen LogP contribution in [0.5, 0.6) is 0 Å². The van der Waals surface area contributed by atoms with Gasteiger partial charge in [-0.15, -0.1) is 11.8 Å². The van der Waals surface area contributed by atoms with Crippen molar-refractivity contribution in [1.29, 1.82) is 0 Å². The summed E-state index contributed by atoms with van der Waals surface area (Å²) in [4.78, 5) is 11.2. The molecule has 0 fully saturated rings. The number of halogens is 1. The Morgan fingerprint density at radius 3 is 2.50 bits per heavy atom. The smallest absolute Gasteiger partial charge is 0.258 e. The van der Waals surface area contributed by atoms with Crippen LogP contribution in [0.2, 0.25) is 0 Å². The molecule has 0 aliphatic heterocycles. The van der Waals surface area contributed by atoms with Gasteiger partial charge in [-0.05, 0) is 18.1 Å². The molecule has 88 valence electrons. The van der Waals surface area contributed by atoms with E-state index in [-0.39, 0.29) is 10.6 Å². The van der Waals surface area contributed by atoms with Crippen molar-refractivity contribution in [2.75, 3.05) is 11.1 Å². The Hall–Kier alpha value is -0.550. The molecule has 1 atom stereocenters. The van der Waals surface area contributed by atoms with Gasteiger partial charge in [0.05, 0.1) is 4.92 Å². The second kappa shape index (κ2) is 6.91. The number of nitro benzene ring substituents is 1. The highest BCUT2D eigenvalue weighted by molar-refractivity contribution is 9.09. The number of non-ortho nitro benzene ring substituents is 1. The number of benzene rings is 1. The van der Waals surface area contributed by atoms with Crippen LogP contribution in [0, 0.1) is 16.0 Å². The molecule has 0 saturated carbocycles. The molecule has 0 bridgehead atoms. The fourth-order valence-electron chi connectivity index (χ4n) is 1.15. The third-order valence-electron chi connectivity index (χ3n) is 2.33. The van der Waals surface area contributed by atoms with E-state index in [1.807, 2.05) is 12.1 Å². The van der Waals surface area contributed by atoms with E-state index in [4.69, 9.17) is 0 Å². The number of hydrogen-bond donors (Lipinski definition) is 0. The Morgan fingerprint density at radius 1 is 1.44 bits per heavy atom. The van der Waals surface area contributed by atoms with Crippen LogP contribution in [-0.2, 0) is 0 Å². The summed E-state index contributed by atoms with van der Waals surface area (Å²) in [6.07, 6.45) is 1.14. The molecule has 0 aromatic heterocycles. The number of rotatable bonds is 6. The van der Waals surface area contributed by atoms with Crippen LogP contribution in [0.4, 0.5) is 5.69 Å². The van der Waals surface area contributed by atoms with E-state index in [0.717, 1.165) is 22.4 Å². The predicted octanol–water partition coefficient (Wildman–Crippen LogP) is 4.11. The van der Waals surface area contributed by atoms with Crippen molar-refractivity contribution < 1.29 is 4.92 Å². The van der Waals surface area contributed by atoms with Gasteiger partial charge in [0.2, 0.25) is 0 Å². The Bertz CT molecular complexity index is 338. The maximum absolute atomic E-state index is 10.5. The summed E-state index contributed by atoms with van der Waals surface area (Å²) in [6.45, 7) is 2.17. The average molecular weight is 304 g/mol. The summed E-state index contributed by atoms with van der Waals surface area (Å²) in [5.41, 5.74) is 0.150. The van der Waals surface area contributed by atoms with Crippen LogP contribution in [-0.4, -0.2) is 16.0 Å². The van der Waals surface area contributed by atoms with Crippen molar-refractivity contribution in [3.63, 3.8) is 0 Å². The Morgan fingerprint density at radius 2 is 2.06 bits per heavy atom. The van der Waals surface area contributed by atoms with Gasteiger partial charge in [-0.3, -0.25) is 10.1 Å². The van der Waals surface area contributed by atoms with Gasteiger partial charge < -0.3 is 0 Å². The second-order valence-electron chi connectivity index (χ2n) is 3.49. The van der Waals surface area contributed by atoms with Gasteiger partial charge in [-0.2, -0.15) is 0 Å². The first-order chi connectivity index (χ1) is 7.67. The standard InChI is InChI=1S/C11H14BrNO2S/c1-2-9(7-12)8-16-11-5-3-10(4-6-11)13(14)15/h3-6,9H,2,7-8H2,1H3. The first-order valence-corrected chi connectivity index (χ1v) is 7.21. The molecule has 0 N–H and O–H groups in total. The lowest BCUT2D eigenvalue weighted by molar-refractivity contribution is -0.384. The molecule has 5 heteroatoms. The van der Waals surface area contributed by atoms with Crippen LogP contribution in [0.1, 0.15) is 13.3 Å². The summed E-state index contributed by atoms with van der Waals surface area (Å²) in [5, 5.41) is 11.5. The van der Waals surface area contributed by atoms with Crippen LogP contribution in [0.15, 0.2) is 29.2 Å². The van der Waals surface area contributed by atoms with Crippen molar-refractivity contribution >= 4 is 33.4 Å². The minimum atomic E-state index is -0.373. The molecular weight excluding hydrogens is 290 g/mol. The highest BCUT2D eigenvalue weighted by atomic mass is 79.9. The maximum atomic E-state index is 10.5. The van der Waals surface area contributed by atoms with Crippen LogP contribution in [0.25, 0.3) is 0 Å². The number of nitrogens with zero attached hydrogens (tertiary/aromatic N) is 1. The van der Waals surface area contributed by atoms with Crippen molar-refractivity contribution in [1.82, 2.24) is 0 Å². The van der Waals surface area contributed by atoms with Crippen LogP contribution < -0.4 is 0 Å². The molecule has 0 aliphatic carbocycles.